The number of rotatable bonds is 4. The first-order valence-electron chi connectivity index (χ1n) is 5.77. The number of hydrogen-bond donors (Lipinski definition) is 1. The lowest BCUT2D eigenvalue weighted by Crippen LogP contribution is -1.90. The van der Waals surface area contributed by atoms with Crippen molar-refractivity contribution >= 4 is 29.1 Å². The highest BCUT2D eigenvalue weighted by molar-refractivity contribution is 7.98. The number of anilines is 1. The van der Waals surface area contributed by atoms with E-state index < -0.39 is 0 Å². The Hall–Kier alpha value is -1.92. The molecule has 0 saturated heterocycles. The molecule has 0 aliphatic rings. The zero-order valence-corrected chi connectivity index (χ0v) is 11.8. The van der Waals surface area contributed by atoms with Gasteiger partial charge in [-0.1, -0.05) is 22.8 Å². The average Bonchev–Trinajstić information content (AvgIpc) is 3.09. The summed E-state index contributed by atoms with van der Waals surface area (Å²) < 4.78 is 10.3. The van der Waals surface area contributed by atoms with Gasteiger partial charge in [-0.2, -0.15) is 4.98 Å². The van der Waals surface area contributed by atoms with Crippen molar-refractivity contribution < 1.29 is 8.94 Å². The predicted molar refractivity (Wildman–Crippen MR) is 77.4 cm³/mol. The van der Waals surface area contributed by atoms with Gasteiger partial charge < -0.3 is 14.7 Å². The number of nitrogen functional groups attached to an aromatic ring is 1. The quantitative estimate of drug-likeness (QED) is 0.582. The third-order valence-electron chi connectivity index (χ3n) is 2.54. The Bertz CT molecular complexity index is 692. The largest absolute Gasteiger partial charge is 0.459 e. The van der Waals surface area contributed by atoms with Gasteiger partial charge >= 0.3 is 0 Å². The smallest absolute Gasteiger partial charge is 0.293 e. The first-order chi connectivity index (χ1) is 9.74. The summed E-state index contributed by atoms with van der Waals surface area (Å²) in [6.45, 7) is 0. The van der Waals surface area contributed by atoms with E-state index in [1.807, 2.05) is 6.07 Å². The minimum atomic E-state index is 0.359. The van der Waals surface area contributed by atoms with Gasteiger partial charge in [0.15, 0.2) is 11.6 Å². The molecule has 3 rings (SSSR count). The Morgan fingerprint density at radius 2 is 2.15 bits per heavy atom. The number of hydrogen-bond acceptors (Lipinski definition) is 6. The molecule has 3 aromatic rings. The summed E-state index contributed by atoms with van der Waals surface area (Å²) in [7, 11) is 0. The highest BCUT2D eigenvalue weighted by Gasteiger charge is 2.12. The molecule has 102 valence electrons. The summed E-state index contributed by atoms with van der Waals surface area (Å²) >= 11 is 7.57. The molecule has 0 radical (unpaired) electrons. The van der Waals surface area contributed by atoms with Crippen LogP contribution in [0.25, 0.3) is 11.7 Å². The monoisotopic (exact) mass is 307 g/mol. The van der Waals surface area contributed by atoms with E-state index in [-0.39, 0.29) is 0 Å². The van der Waals surface area contributed by atoms with Crippen molar-refractivity contribution in [1.29, 1.82) is 0 Å². The standard InChI is InChI=1S/C13H10ClN3O2S/c14-8-3-1-4-9(15)12(8)20-7-11-16-13(19-17-11)10-5-2-6-18-10/h1-6H,7,15H2. The number of nitrogens with two attached hydrogens (primary N) is 1. The van der Waals surface area contributed by atoms with Crippen molar-refractivity contribution in [2.24, 2.45) is 0 Å². The van der Waals surface area contributed by atoms with Crippen molar-refractivity contribution in [3.8, 4) is 11.7 Å². The number of aromatic nitrogens is 2. The lowest BCUT2D eigenvalue weighted by atomic mass is 10.3. The molecular formula is C13H10ClN3O2S. The minimum absolute atomic E-state index is 0.359. The Balaban J connectivity index is 1.73. The molecule has 0 saturated carbocycles. The number of halogens is 1. The van der Waals surface area contributed by atoms with E-state index in [9.17, 15) is 0 Å². The van der Waals surface area contributed by atoms with Crippen LogP contribution >= 0.6 is 23.4 Å². The third kappa shape index (κ3) is 2.66. The second kappa shape index (κ2) is 5.60. The molecule has 0 aliphatic heterocycles. The van der Waals surface area contributed by atoms with Gasteiger partial charge in [-0.25, -0.2) is 0 Å². The van der Waals surface area contributed by atoms with E-state index >= 15 is 0 Å². The normalized spacial score (nSPS) is 10.8. The zero-order valence-electron chi connectivity index (χ0n) is 10.2. The van der Waals surface area contributed by atoms with Crippen molar-refractivity contribution in [2.75, 3.05) is 5.73 Å². The highest BCUT2D eigenvalue weighted by Crippen LogP contribution is 2.34. The van der Waals surface area contributed by atoms with E-state index in [0.29, 0.717) is 33.9 Å². The maximum Gasteiger partial charge on any atom is 0.293 e. The first-order valence-corrected chi connectivity index (χ1v) is 7.13. The van der Waals surface area contributed by atoms with Crippen LogP contribution in [-0.4, -0.2) is 10.1 Å². The average molecular weight is 308 g/mol. The molecule has 20 heavy (non-hydrogen) atoms. The number of furan rings is 1. The predicted octanol–water partition coefficient (Wildman–Crippen LogP) is 3.86. The molecule has 0 unspecified atom stereocenters. The molecule has 2 heterocycles. The summed E-state index contributed by atoms with van der Waals surface area (Å²) in [5.74, 6) is 1.97. The molecule has 2 aromatic heterocycles. The van der Waals surface area contributed by atoms with Crippen LogP contribution in [0.4, 0.5) is 5.69 Å². The summed E-state index contributed by atoms with van der Waals surface area (Å²) in [5, 5.41) is 4.51. The van der Waals surface area contributed by atoms with E-state index in [2.05, 4.69) is 10.1 Å². The molecule has 0 amide bonds. The second-order valence-corrected chi connectivity index (χ2v) is 5.33. The SMILES string of the molecule is Nc1cccc(Cl)c1SCc1noc(-c2ccco2)n1. The highest BCUT2D eigenvalue weighted by atomic mass is 35.5. The van der Waals surface area contributed by atoms with Crippen LogP contribution in [0.5, 0.6) is 0 Å². The summed E-state index contributed by atoms with van der Waals surface area (Å²) in [6, 6.07) is 8.93. The lowest BCUT2D eigenvalue weighted by molar-refractivity contribution is 0.411. The number of benzene rings is 1. The van der Waals surface area contributed by atoms with Crippen LogP contribution in [-0.2, 0) is 5.75 Å². The van der Waals surface area contributed by atoms with Gasteiger partial charge in [0.1, 0.15) is 0 Å². The number of thioether (sulfide) groups is 1. The van der Waals surface area contributed by atoms with Crippen LogP contribution in [0.3, 0.4) is 0 Å². The molecule has 0 bridgehead atoms. The van der Waals surface area contributed by atoms with E-state index in [1.54, 1.807) is 30.5 Å². The van der Waals surface area contributed by atoms with Crippen molar-refractivity contribution in [2.45, 2.75) is 10.6 Å². The van der Waals surface area contributed by atoms with Crippen molar-refractivity contribution in [1.82, 2.24) is 10.1 Å². The Labute approximate surface area is 124 Å². The minimum Gasteiger partial charge on any atom is -0.459 e. The maximum absolute atomic E-state index is 6.10. The van der Waals surface area contributed by atoms with Gasteiger partial charge in [-0.3, -0.25) is 0 Å². The van der Waals surface area contributed by atoms with E-state index in [1.165, 1.54) is 11.8 Å². The van der Waals surface area contributed by atoms with E-state index in [4.69, 9.17) is 26.3 Å². The molecule has 5 nitrogen and oxygen atoms in total. The van der Waals surface area contributed by atoms with Crippen LogP contribution in [0.15, 0.2) is 50.4 Å². The molecule has 1 aromatic carbocycles. The molecule has 7 heteroatoms. The topological polar surface area (TPSA) is 78.1 Å². The van der Waals surface area contributed by atoms with E-state index in [0.717, 1.165) is 4.90 Å². The fraction of sp³-hybridized carbons (Fsp3) is 0.0769. The van der Waals surface area contributed by atoms with Crippen molar-refractivity contribution in [3.05, 3.63) is 47.4 Å². The maximum atomic E-state index is 6.10. The fourth-order valence-electron chi connectivity index (χ4n) is 1.63. The van der Waals surface area contributed by atoms with Crippen LogP contribution in [0, 0.1) is 0 Å². The van der Waals surface area contributed by atoms with Crippen molar-refractivity contribution in [3.63, 3.8) is 0 Å². The molecular weight excluding hydrogens is 298 g/mol. The van der Waals surface area contributed by atoms with Gasteiger partial charge in [0.05, 0.1) is 17.0 Å². The van der Waals surface area contributed by atoms with Crippen LogP contribution < -0.4 is 5.73 Å². The van der Waals surface area contributed by atoms with Crippen LogP contribution in [0.1, 0.15) is 5.82 Å². The van der Waals surface area contributed by atoms with Crippen LogP contribution in [0.2, 0.25) is 5.02 Å². The summed E-state index contributed by atoms with van der Waals surface area (Å²) in [6.07, 6.45) is 1.55. The van der Waals surface area contributed by atoms with Gasteiger partial charge in [-0.05, 0) is 24.3 Å². The zero-order chi connectivity index (χ0) is 13.9. The number of nitrogens with zero attached hydrogens (tertiary/aromatic N) is 2. The Morgan fingerprint density at radius 3 is 2.90 bits per heavy atom. The van der Waals surface area contributed by atoms with Gasteiger partial charge in [0, 0.05) is 10.6 Å². The molecule has 0 spiro atoms. The van der Waals surface area contributed by atoms with Gasteiger partial charge in [0.25, 0.3) is 5.89 Å². The molecule has 0 aliphatic carbocycles. The van der Waals surface area contributed by atoms with Gasteiger partial charge in [0.2, 0.25) is 0 Å². The molecule has 2 N–H and O–H groups in total. The Kier molecular flexibility index (Phi) is 3.66. The van der Waals surface area contributed by atoms with Gasteiger partial charge in [-0.15, -0.1) is 11.8 Å². The lowest BCUT2D eigenvalue weighted by Gasteiger charge is -2.05. The second-order valence-electron chi connectivity index (χ2n) is 3.94. The molecule has 0 fully saturated rings. The summed E-state index contributed by atoms with van der Waals surface area (Å²) in [4.78, 5) is 5.07. The Morgan fingerprint density at radius 1 is 1.25 bits per heavy atom. The first kappa shape index (κ1) is 13.1. The molecule has 0 atom stereocenters. The third-order valence-corrected chi connectivity index (χ3v) is 4.12. The summed E-state index contributed by atoms with van der Waals surface area (Å²) in [5.41, 5.74) is 6.52. The fourth-order valence-corrected chi connectivity index (χ4v) is 2.80.